The molecule has 1 aliphatic heterocycles. The van der Waals surface area contributed by atoms with Crippen LogP contribution in [0.3, 0.4) is 0 Å². The van der Waals surface area contributed by atoms with Crippen molar-refractivity contribution in [1.29, 1.82) is 5.26 Å². The van der Waals surface area contributed by atoms with E-state index in [1.807, 2.05) is 6.07 Å². The fourth-order valence-electron chi connectivity index (χ4n) is 0.654. The van der Waals surface area contributed by atoms with E-state index in [-0.39, 0.29) is 0 Å². The lowest BCUT2D eigenvalue weighted by Gasteiger charge is -1.84. The molecule has 0 saturated carbocycles. The number of rotatable bonds is 0. The number of hydrogen-bond acceptors (Lipinski definition) is 3. The Morgan fingerprint density at radius 3 is 2.62 bits per heavy atom. The van der Waals surface area contributed by atoms with Crippen molar-refractivity contribution in [1.82, 2.24) is 5.32 Å². The van der Waals surface area contributed by atoms with Gasteiger partial charge in [-0.2, -0.15) is 5.26 Å². The van der Waals surface area contributed by atoms with Crippen LogP contribution in [0.2, 0.25) is 0 Å². The van der Waals surface area contributed by atoms with Crippen LogP contribution in [0.1, 0.15) is 0 Å². The number of nitrogens with zero attached hydrogens (tertiary/aromatic N) is 1. The van der Waals surface area contributed by atoms with E-state index in [1.54, 1.807) is 0 Å². The molecule has 8 heavy (non-hydrogen) atoms. The van der Waals surface area contributed by atoms with Gasteiger partial charge in [0, 0.05) is 18.8 Å². The van der Waals surface area contributed by atoms with Crippen molar-refractivity contribution in [2.24, 2.45) is 5.73 Å². The summed E-state index contributed by atoms with van der Waals surface area (Å²) in [4.78, 5) is 0. The average molecular weight is 109 g/mol. The van der Waals surface area contributed by atoms with Crippen molar-refractivity contribution < 1.29 is 0 Å². The van der Waals surface area contributed by atoms with Crippen molar-refractivity contribution in [2.45, 2.75) is 0 Å². The Morgan fingerprint density at radius 2 is 2.38 bits per heavy atom. The molecule has 0 amide bonds. The molecule has 1 heterocycles. The lowest BCUT2D eigenvalue weighted by Crippen LogP contribution is -2.11. The van der Waals surface area contributed by atoms with Gasteiger partial charge >= 0.3 is 0 Å². The average Bonchev–Trinajstić information content (AvgIpc) is 2.14. The topological polar surface area (TPSA) is 61.8 Å². The van der Waals surface area contributed by atoms with Crippen molar-refractivity contribution in [2.75, 3.05) is 13.1 Å². The summed E-state index contributed by atoms with van der Waals surface area (Å²) >= 11 is 0. The quantitative estimate of drug-likeness (QED) is 0.433. The first-order valence-electron chi connectivity index (χ1n) is 2.43. The summed E-state index contributed by atoms with van der Waals surface area (Å²) < 4.78 is 0. The van der Waals surface area contributed by atoms with Crippen molar-refractivity contribution in [3.63, 3.8) is 0 Å². The van der Waals surface area contributed by atoms with Crippen LogP contribution in [0.5, 0.6) is 0 Å². The Hall–Kier alpha value is -1.01. The molecule has 0 atom stereocenters. The maximum atomic E-state index is 8.31. The van der Waals surface area contributed by atoms with Gasteiger partial charge in [-0.15, -0.1) is 0 Å². The molecule has 0 spiro atoms. The van der Waals surface area contributed by atoms with Gasteiger partial charge in [0.2, 0.25) is 0 Å². The number of nitriles is 1. The van der Waals surface area contributed by atoms with Gasteiger partial charge in [0.25, 0.3) is 0 Å². The second-order valence-electron chi connectivity index (χ2n) is 1.72. The predicted molar refractivity (Wildman–Crippen MR) is 29.7 cm³/mol. The summed E-state index contributed by atoms with van der Waals surface area (Å²) in [5.74, 6) is 0. The maximum absolute atomic E-state index is 8.31. The minimum atomic E-state index is 0.641. The van der Waals surface area contributed by atoms with Gasteiger partial charge in [-0.05, 0) is 0 Å². The summed E-state index contributed by atoms with van der Waals surface area (Å²) in [5, 5.41) is 11.3. The zero-order chi connectivity index (χ0) is 5.98. The fourth-order valence-corrected chi connectivity index (χ4v) is 0.654. The van der Waals surface area contributed by atoms with Gasteiger partial charge < -0.3 is 11.1 Å². The zero-order valence-electron chi connectivity index (χ0n) is 4.44. The Bertz CT molecular complexity index is 163. The highest BCUT2D eigenvalue weighted by Gasteiger charge is 2.08. The van der Waals surface area contributed by atoms with Crippen LogP contribution in [0.4, 0.5) is 0 Å². The number of hydrogen-bond donors (Lipinski definition) is 2. The van der Waals surface area contributed by atoms with Crippen molar-refractivity contribution in [3.05, 3.63) is 11.3 Å². The second-order valence-corrected chi connectivity index (χ2v) is 1.72. The molecule has 1 aliphatic rings. The van der Waals surface area contributed by atoms with E-state index in [1.165, 1.54) is 0 Å². The van der Waals surface area contributed by atoms with E-state index >= 15 is 0 Å². The zero-order valence-corrected chi connectivity index (χ0v) is 4.44. The molecule has 0 aliphatic carbocycles. The SMILES string of the molecule is N#CC1=C(N)CNC1. The molecule has 3 heteroatoms. The molecule has 0 saturated heterocycles. The Labute approximate surface area is 47.8 Å². The van der Waals surface area contributed by atoms with Gasteiger partial charge in [0.05, 0.1) is 11.6 Å². The van der Waals surface area contributed by atoms with Crippen LogP contribution < -0.4 is 11.1 Å². The molecule has 0 bridgehead atoms. The normalized spacial score (nSPS) is 18.9. The lowest BCUT2D eigenvalue weighted by molar-refractivity contribution is 0.865. The third kappa shape index (κ3) is 0.658. The van der Waals surface area contributed by atoms with Crippen LogP contribution in [0, 0.1) is 11.3 Å². The molecule has 3 N–H and O–H groups in total. The van der Waals surface area contributed by atoms with E-state index in [2.05, 4.69) is 5.32 Å². The van der Waals surface area contributed by atoms with Crippen LogP contribution in [-0.2, 0) is 0 Å². The van der Waals surface area contributed by atoms with Crippen molar-refractivity contribution >= 4 is 0 Å². The predicted octanol–water partition coefficient (Wildman–Crippen LogP) is -0.674. The molecular formula is C5H7N3. The van der Waals surface area contributed by atoms with E-state index < -0.39 is 0 Å². The largest absolute Gasteiger partial charge is 0.400 e. The molecule has 1 rings (SSSR count). The highest BCUT2D eigenvalue weighted by molar-refractivity contribution is 5.31. The molecule has 0 aromatic heterocycles. The van der Waals surface area contributed by atoms with Gasteiger partial charge in [0.15, 0.2) is 0 Å². The molecule has 3 nitrogen and oxygen atoms in total. The molecular weight excluding hydrogens is 102 g/mol. The summed E-state index contributed by atoms with van der Waals surface area (Å²) in [7, 11) is 0. The number of nitrogens with one attached hydrogen (secondary N) is 1. The lowest BCUT2D eigenvalue weighted by atomic mass is 10.3. The summed E-state index contributed by atoms with van der Waals surface area (Å²) in [6, 6.07) is 2.01. The third-order valence-corrected chi connectivity index (χ3v) is 1.14. The first-order chi connectivity index (χ1) is 3.84. The summed E-state index contributed by atoms with van der Waals surface area (Å²) in [5.41, 5.74) is 6.76. The first-order valence-corrected chi connectivity index (χ1v) is 2.43. The smallest absolute Gasteiger partial charge is 0.0979 e. The maximum Gasteiger partial charge on any atom is 0.0979 e. The molecule has 0 fully saturated rings. The van der Waals surface area contributed by atoms with Crippen molar-refractivity contribution in [3.8, 4) is 6.07 Å². The monoisotopic (exact) mass is 109 g/mol. The van der Waals surface area contributed by atoms with Gasteiger partial charge in [0.1, 0.15) is 0 Å². The molecule has 0 aromatic rings. The summed E-state index contributed by atoms with van der Waals surface area (Å²) in [6.07, 6.45) is 0. The van der Waals surface area contributed by atoms with Crippen LogP contribution in [0.25, 0.3) is 0 Å². The standard InChI is InChI=1S/C5H7N3/c6-1-4-2-8-3-5(4)7/h8H,2-3,7H2. The van der Waals surface area contributed by atoms with Gasteiger partial charge in [-0.25, -0.2) is 0 Å². The molecule has 0 aromatic carbocycles. The Morgan fingerprint density at radius 1 is 1.62 bits per heavy atom. The molecule has 0 unspecified atom stereocenters. The summed E-state index contributed by atoms with van der Waals surface area (Å²) in [6.45, 7) is 1.31. The Kier molecular flexibility index (Phi) is 1.18. The number of nitrogens with two attached hydrogens (primary N) is 1. The van der Waals surface area contributed by atoms with Gasteiger partial charge in [-0.3, -0.25) is 0 Å². The first kappa shape index (κ1) is 5.13. The molecule has 0 radical (unpaired) electrons. The minimum Gasteiger partial charge on any atom is -0.400 e. The minimum absolute atomic E-state index is 0.641. The van der Waals surface area contributed by atoms with Crippen LogP contribution in [-0.4, -0.2) is 13.1 Å². The second kappa shape index (κ2) is 1.85. The van der Waals surface area contributed by atoms with Crippen LogP contribution >= 0.6 is 0 Å². The van der Waals surface area contributed by atoms with E-state index in [0.29, 0.717) is 24.4 Å². The van der Waals surface area contributed by atoms with E-state index in [0.717, 1.165) is 0 Å². The third-order valence-electron chi connectivity index (χ3n) is 1.14. The van der Waals surface area contributed by atoms with Crippen LogP contribution in [0.15, 0.2) is 11.3 Å². The molecule has 42 valence electrons. The fraction of sp³-hybridized carbons (Fsp3) is 0.400. The highest BCUT2D eigenvalue weighted by atomic mass is 14.9. The highest BCUT2D eigenvalue weighted by Crippen LogP contribution is 2.00. The van der Waals surface area contributed by atoms with E-state index in [9.17, 15) is 0 Å². The van der Waals surface area contributed by atoms with Gasteiger partial charge in [-0.1, -0.05) is 0 Å². The Balaban J connectivity index is 2.77. The van der Waals surface area contributed by atoms with E-state index in [4.69, 9.17) is 11.0 Å².